The predicted octanol–water partition coefficient (Wildman–Crippen LogP) is 1.68. The zero-order valence-electron chi connectivity index (χ0n) is 10.2. The van der Waals surface area contributed by atoms with Gasteiger partial charge in [-0.25, -0.2) is 0 Å². The molecule has 1 unspecified atom stereocenters. The maximum Gasteiger partial charge on any atom is 0.233 e. The van der Waals surface area contributed by atoms with Crippen molar-refractivity contribution in [3.8, 4) is 5.88 Å². The number of methoxy groups -OCH3 is 1. The molecule has 0 saturated heterocycles. The number of aryl methyl sites for hydroxylation is 1. The molecule has 0 spiro atoms. The molecule has 96 valence electrons. The highest BCUT2D eigenvalue weighted by molar-refractivity contribution is 7.09. The predicted molar refractivity (Wildman–Crippen MR) is 71.3 cm³/mol. The third-order valence-corrected chi connectivity index (χ3v) is 3.62. The molecule has 0 fully saturated rings. The van der Waals surface area contributed by atoms with E-state index in [1.807, 2.05) is 6.07 Å². The van der Waals surface area contributed by atoms with Gasteiger partial charge in [0.05, 0.1) is 18.8 Å². The van der Waals surface area contributed by atoms with Gasteiger partial charge in [0.2, 0.25) is 5.88 Å². The molecule has 18 heavy (non-hydrogen) atoms. The topological polar surface area (TPSA) is 73.1 Å². The van der Waals surface area contributed by atoms with Crippen molar-refractivity contribution in [1.29, 1.82) is 0 Å². The lowest BCUT2D eigenvalue weighted by Gasteiger charge is -2.14. The van der Waals surface area contributed by atoms with E-state index in [0.717, 1.165) is 18.5 Å². The van der Waals surface area contributed by atoms with E-state index in [2.05, 4.69) is 33.1 Å². The van der Waals surface area contributed by atoms with Crippen molar-refractivity contribution in [3.05, 3.63) is 40.2 Å². The first-order valence-electron chi connectivity index (χ1n) is 5.69. The summed E-state index contributed by atoms with van der Waals surface area (Å²) >= 11 is 1.75. The van der Waals surface area contributed by atoms with Gasteiger partial charge in [-0.1, -0.05) is 6.07 Å². The third kappa shape index (κ3) is 3.25. The molecule has 1 atom stereocenters. The van der Waals surface area contributed by atoms with Gasteiger partial charge in [0.25, 0.3) is 0 Å². The molecule has 0 aliphatic rings. The van der Waals surface area contributed by atoms with Crippen LogP contribution in [0, 0.1) is 0 Å². The van der Waals surface area contributed by atoms with Crippen LogP contribution in [0.1, 0.15) is 23.0 Å². The van der Waals surface area contributed by atoms with Gasteiger partial charge in [0, 0.05) is 10.9 Å². The van der Waals surface area contributed by atoms with Crippen LogP contribution in [0.5, 0.6) is 5.88 Å². The Bertz CT molecular complexity index is 457. The maximum atomic E-state index is 5.57. The highest BCUT2D eigenvalue weighted by Crippen LogP contribution is 2.19. The second-order valence-electron chi connectivity index (χ2n) is 3.84. The summed E-state index contributed by atoms with van der Waals surface area (Å²) in [5.74, 6) is 6.08. The maximum absolute atomic E-state index is 5.57. The normalized spacial score (nSPS) is 12.3. The largest absolute Gasteiger partial charge is 0.480 e. The van der Waals surface area contributed by atoms with E-state index >= 15 is 0 Å². The lowest BCUT2D eigenvalue weighted by molar-refractivity contribution is 0.388. The van der Waals surface area contributed by atoms with Gasteiger partial charge in [-0.05, 0) is 30.4 Å². The first-order valence-corrected chi connectivity index (χ1v) is 6.57. The van der Waals surface area contributed by atoms with Crippen molar-refractivity contribution >= 4 is 11.3 Å². The van der Waals surface area contributed by atoms with Gasteiger partial charge in [-0.3, -0.25) is 11.3 Å². The number of hydrazine groups is 1. The number of nitrogens with one attached hydrogen (secondary N) is 1. The van der Waals surface area contributed by atoms with Crippen molar-refractivity contribution < 1.29 is 4.74 Å². The fraction of sp³-hybridized carbons (Fsp3) is 0.333. The number of nitrogens with two attached hydrogens (primary N) is 1. The first kappa shape index (κ1) is 12.9. The Hall–Kier alpha value is -1.50. The average molecular weight is 264 g/mol. The highest BCUT2D eigenvalue weighted by atomic mass is 32.1. The number of nitrogens with zero attached hydrogens (tertiary/aromatic N) is 2. The molecule has 3 N–H and O–H groups in total. The van der Waals surface area contributed by atoms with Crippen molar-refractivity contribution in [2.45, 2.75) is 18.9 Å². The molecular formula is C12H16N4OS. The van der Waals surface area contributed by atoms with Gasteiger partial charge in [0.15, 0.2) is 0 Å². The van der Waals surface area contributed by atoms with Crippen LogP contribution in [0.4, 0.5) is 0 Å². The number of rotatable bonds is 6. The number of hydrogen-bond acceptors (Lipinski definition) is 6. The van der Waals surface area contributed by atoms with Gasteiger partial charge < -0.3 is 4.74 Å². The minimum absolute atomic E-state index is 0.00510. The van der Waals surface area contributed by atoms with Gasteiger partial charge in [0.1, 0.15) is 0 Å². The summed E-state index contributed by atoms with van der Waals surface area (Å²) in [7, 11) is 1.57. The first-order chi connectivity index (χ1) is 8.83. The molecule has 0 bridgehead atoms. The molecule has 2 rings (SSSR count). The summed E-state index contributed by atoms with van der Waals surface area (Å²) in [6.45, 7) is 0. The molecule has 0 aromatic carbocycles. The SMILES string of the molecule is COc1ccc(C(CCc2cccs2)NN)nn1. The Morgan fingerprint density at radius 3 is 2.83 bits per heavy atom. The molecule has 5 nitrogen and oxygen atoms in total. The monoisotopic (exact) mass is 264 g/mol. The average Bonchev–Trinajstić information content (AvgIpc) is 2.93. The minimum atomic E-state index is 0.00510. The van der Waals surface area contributed by atoms with E-state index in [9.17, 15) is 0 Å². The fourth-order valence-electron chi connectivity index (χ4n) is 1.68. The Morgan fingerprint density at radius 1 is 1.39 bits per heavy atom. The lowest BCUT2D eigenvalue weighted by Crippen LogP contribution is -2.29. The molecule has 2 aromatic rings. The van der Waals surface area contributed by atoms with Crippen molar-refractivity contribution in [2.24, 2.45) is 5.84 Å². The Kier molecular flexibility index (Phi) is 4.63. The summed E-state index contributed by atoms with van der Waals surface area (Å²) in [5.41, 5.74) is 3.61. The van der Waals surface area contributed by atoms with Crippen LogP contribution in [0.25, 0.3) is 0 Å². The van der Waals surface area contributed by atoms with E-state index in [1.54, 1.807) is 24.5 Å². The molecule has 0 saturated carbocycles. The minimum Gasteiger partial charge on any atom is -0.480 e. The highest BCUT2D eigenvalue weighted by Gasteiger charge is 2.12. The van der Waals surface area contributed by atoms with Gasteiger partial charge in [-0.2, -0.15) is 5.10 Å². The van der Waals surface area contributed by atoms with E-state index in [-0.39, 0.29) is 6.04 Å². The molecule has 0 aliphatic heterocycles. The van der Waals surface area contributed by atoms with Crippen LogP contribution in [-0.4, -0.2) is 17.3 Å². The lowest BCUT2D eigenvalue weighted by atomic mass is 10.1. The Balaban J connectivity index is 1.98. The van der Waals surface area contributed by atoms with Crippen LogP contribution in [0.2, 0.25) is 0 Å². The second-order valence-corrected chi connectivity index (χ2v) is 4.87. The summed E-state index contributed by atoms with van der Waals surface area (Å²) in [4.78, 5) is 1.34. The number of hydrogen-bond donors (Lipinski definition) is 2. The summed E-state index contributed by atoms with van der Waals surface area (Å²) in [6.07, 6.45) is 1.86. The molecule has 0 amide bonds. The fourth-order valence-corrected chi connectivity index (χ4v) is 2.41. The molecule has 0 aliphatic carbocycles. The molecule has 6 heteroatoms. The molecule has 0 radical (unpaired) electrons. The van der Waals surface area contributed by atoms with E-state index in [4.69, 9.17) is 10.6 Å². The smallest absolute Gasteiger partial charge is 0.233 e. The third-order valence-electron chi connectivity index (χ3n) is 2.69. The van der Waals surface area contributed by atoms with E-state index in [0.29, 0.717) is 5.88 Å². The number of thiophene rings is 1. The summed E-state index contributed by atoms with van der Waals surface area (Å²) < 4.78 is 4.98. The standard InChI is InChI=1S/C12H16N4OS/c1-17-12-7-6-11(15-16-12)10(14-13)5-4-9-3-2-8-18-9/h2-3,6-8,10,14H,4-5,13H2,1H3. The Morgan fingerprint density at radius 2 is 2.28 bits per heavy atom. The van der Waals surface area contributed by atoms with Gasteiger partial charge in [-0.15, -0.1) is 16.4 Å². The van der Waals surface area contributed by atoms with Crippen molar-refractivity contribution in [2.75, 3.05) is 7.11 Å². The number of aromatic nitrogens is 2. The van der Waals surface area contributed by atoms with E-state index < -0.39 is 0 Å². The second kappa shape index (κ2) is 6.44. The van der Waals surface area contributed by atoms with Crippen molar-refractivity contribution in [3.63, 3.8) is 0 Å². The van der Waals surface area contributed by atoms with E-state index in [1.165, 1.54) is 4.88 Å². The molecule has 2 aromatic heterocycles. The summed E-state index contributed by atoms with van der Waals surface area (Å²) in [6, 6.07) is 7.85. The quantitative estimate of drug-likeness (QED) is 0.613. The van der Waals surface area contributed by atoms with Crippen LogP contribution >= 0.6 is 11.3 Å². The Labute approximate surface area is 110 Å². The zero-order valence-corrected chi connectivity index (χ0v) is 11.0. The van der Waals surface area contributed by atoms with Gasteiger partial charge >= 0.3 is 0 Å². The molecule has 2 heterocycles. The zero-order chi connectivity index (χ0) is 12.8. The molecular weight excluding hydrogens is 248 g/mol. The summed E-state index contributed by atoms with van der Waals surface area (Å²) in [5, 5.41) is 10.1. The van der Waals surface area contributed by atoms with Crippen LogP contribution in [0.3, 0.4) is 0 Å². The van der Waals surface area contributed by atoms with Crippen LogP contribution in [-0.2, 0) is 6.42 Å². The van der Waals surface area contributed by atoms with Crippen molar-refractivity contribution in [1.82, 2.24) is 15.6 Å². The number of ether oxygens (including phenoxy) is 1. The van der Waals surface area contributed by atoms with Crippen LogP contribution in [0.15, 0.2) is 29.6 Å². The van der Waals surface area contributed by atoms with Crippen LogP contribution < -0.4 is 16.0 Å².